The highest BCUT2D eigenvalue weighted by Gasteiger charge is 2.27. The molecule has 0 bridgehead atoms. The summed E-state index contributed by atoms with van der Waals surface area (Å²) in [6, 6.07) is 7.62. The molecule has 24 heavy (non-hydrogen) atoms. The van der Waals surface area contributed by atoms with Crippen molar-refractivity contribution in [1.82, 2.24) is 0 Å². The molecule has 2 heterocycles. The van der Waals surface area contributed by atoms with E-state index in [1.807, 2.05) is 24.3 Å². The molecule has 1 aromatic rings. The smallest absolute Gasteiger partial charge is 0.161 e. The van der Waals surface area contributed by atoms with E-state index in [-0.39, 0.29) is 18.3 Å². The molecule has 0 amide bonds. The van der Waals surface area contributed by atoms with Crippen LogP contribution in [0, 0.1) is 0 Å². The zero-order chi connectivity index (χ0) is 16.9. The summed E-state index contributed by atoms with van der Waals surface area (Å²) < 4.78 is 22.9. The Morgan fingerprint density at radius 3 is 2.67 bits per heavy atom. The summed E-state index contributed by atoms with van der Waals surface area (Å²) in [7, 11) is 0. The van der Waals surface area contributed by atoms with Gasteiger partial charge < -0.3 is 29.0 Å². The van der Waals surface area contributed by atoms with Crippen molar-refractivity contribution in [2.75, 3.05) is 39.5 Å². The van der Waals surface area contributed by atoms with Crippen LogP contribution in [0.1, 0.15) is 13.8 Å². The first-order chi connectivity index (χ1) is 11.6. The van der Waals surface area contributed by atoms with E-state index in [1.165, 1.54) is 4.90 Å². The molecular weight excluding hydrogens is 310 g/mol. The first kappa shape index (κ1) is 17.5. The quantitative estimate of drug-likeness (QED) is 0.758. The van der Waals surface area contributed by atoms with Crippen molar-refractivity contribution < 1.29 is 29.0 Å². The fraction of sp³-hybridized carbons (Fsp3) is 0.667. The van der Waals surface area contributed by atoms with Crippen LogP contribution < -0.4 is 14.4 Å². The molecule has 0 saturated carbocycles. The second-order valence-electron chi connectivity index (χ2n) is 6.81. The number of morpholine rings is 1. The third kappa shape index (κ3) is 4.83. The number of aliphatic hydroxyl groups is 1. The third-order valence-corrected chi connectivity index (χ3v) is 4.32. The Morgan fingerprint density at radius 1 is 1.21 bits per heavy atom. The topological polar surface area (TPSA) is 61.6 Å². The molecule has 6 nitrogen and oxygen atoms in total. The molecule has 134 valence electrons. The zero-order valence-corrected chi connectivity index (χ0v) is 14.4. The lowest BCUT2D eigenvalue weighted by Gasteiger charge is -2.33. The van der Waals surface area contributed by atoms with Crippen LogP contribution >= 0.6 is 0 Å². The summed E-state index contributed by atoms with van der Waals surface area (Å²) in [6.07, 6.45) is -0.133. The van der Waals surface area contributed by atoms with Crippen LogP contribution in [0.25, 0.3) is 0 Å². The van der Waals surface area contributed by atoms with Gasteiger partial charge in [-0.05, 0) is 26.0 Å². The van der Waals surface area contributed by atoms with Crippen molar-refractivity contribution in [1.29, 1.82) is 0 Å². The maximum Gasteiger partial charge on any atom is 0.161 e. The van der Waals surface area contributed by atoms with Gasteiger partial charge in [0.1, 0.15) is 44.6 Å². The van der Waals surface area contributed by atoms with E-state index in [0.29, 0.717) is 26.4 Å². The van der Waals surface area contributed by atoms with Crippen molar-refractivity contribution in [2.45, 2.75) is 38.3 Å². The second-order valence-corrected chi connectivity index (χ2v) is 6.81. The number of benzene rings is 1. The minimum atomic E-state index is -0.478. The van der Waals surface area contributed by atoms with Crippen LogP contribution in [0.2, 0.25) is 0 Å². The van der Waals surface area contributed by atoms with Crippen molar-refractivity contribution >= 4 is 0 Å². The number of nitrogens with one attached hydrogen (secondary N) is 1. The molecule has 4 atom stereocenters. The Hall–Kier alpha value is -1.34. The van der Waals surface area contributed by atoms with Crippen LogP contribution in [0.4, 0.5) is 0 Å². The standard InChI is InChI=1S/C18H27NO5/c1-13-7-19(8-14(2)23-13)9-15(20)10-21-11-16-12-22-17-5-3-4-6-18(17)24-16/h3-6,13-16,20H,7-12H2,1-2H3/p+1/t13-,14-,15-,16+/m0/s1. The Labute approximate surface area is 143 Å². The summed E-state index contributed by atoms with van der Waals surface area (Å²) >= 11 is 0. The number of hydrogen-bond donors (Lipinski definition) is 2. The largest absolute Gasteiger partial charge is 0.486 e. The summed E-state index contributed by atoms with van der Waals surface area (Å²) in [5, 5.41) is 10.2. The van der Waals surface area contributed by atoms with Crippen LogP contribution in [-0.4, -0.2) is 69.0 Å². The van der Waals surface area contributed by atoms with Crippen LogP contribution in [-0.2, 0) is 9.47 Å². The van der Waals surface area contributed by atoms with Crippen LogP contribution in [0.3, 0.4) is 0 Å². The molecule has 6 heteroatoms. The molecule has 1 saturated heterocycles. The molecule has 0 aliphatic carbocycles. The van der Waals surface area contributed by atoms with E-state index in [2.05, 4.69) is 13.8 Å². The average molecular weight is 338 g/mol. The number of para-hydroxylation sites is 2. The molecule has 2 aliphatic rings. The van der Waals surface area contributed by atoms with Gasteiger partial charge in [-0.1, -0.05) is 12.1 Å². The zero-order valence-electron chi connectivity index (χ0n) is 14.4. The van der Waals surface area contributed by atoms with Gasteiger partial charge in [-0.25, -0.2) is 0 Å². The van der Waals surface area contributed by atoms with Gasteiger partial charge in [0.25, 0.3) is 0 Å². The molecule has 2 aliphatic heterocycles. The van der Waals surface area contributed by atoms with Crippen molar-refractivity contribution in [3.05, 3.63) is 24.3 Å². The lowest BCUT2D eigenvalue weighted by atomic mass is 10.2. The molecule has 0 aromatic heterocycles. The molecule has 2 N–H and O–H groups in total. The van der Waals surface area contributed by atoms with Gasteiger partial charge in [0.05, 0.1) is 13.2 Å². The van der Waals surface area contributed by atoms with E-state index in [1.54, 1.807) is 0 Å². The molecule has 3 rings (SSSR count). The Balaban J connectivity index is 1.36. The molecule has 1 fully saturated rings. The number of quaternary nitrogens is 1. The lowest BCUT2D eigenvalue weighted by molar-refractivity contribution is -0.918. The van der Waals surface area contributed by atoms with Gasteiger partial charge in [0.15, 0.2) is 17.6 Å². The van der Waals surface area contributed by atoms with Gasteiger partial charge in [-0.2, -0.15) is 0 Å². The van der Waals surface area contributed by atoms with Gasteiger partial charge in [0.2, 0.25) is 0 Å². The molecular formula is C18H28NO5+. The van der Waals surface area contributed by atoms with Crippen LogP contribution in [0.5, 0.6) is 11.5 Å². The van der Waals surface area contributed by atoms with Crippen molar-refractivity contribution in [3.63, 3.8) is 0 Å². The fourth-order valence-corrected chi connectivity index (χ4v) is 3.43. The minimum Gasteiger partial charge on any atom is -0.486 e. The van der Waals surface area contributed by atoms with Crippen molar-refractivity contribution in [3.8, 4) is 11.5 Å². The number of aliphatic hydroxyl groups excluding tert-OH is 1. The maximum absolute atomic E-state index is 10.2. The lowest BCUT2D eigenvalue weighted by Crippen LogP contribution is -3.16. The Kier molecular flexibility index (Phi) is 5.94. The summed E-state index contributed by atoms with van der Waals surface area (Å²) in [5.41, 5.74) is 0. The third-order valence-electron chi connectivity index (χ3n) is 4.32. The highest BCUT2D eigenvalue weighted by molar-refractivity contribution is 5.40. The SMILES string of the molecule is C[C@H]1C[NH+](C[C@H](O)COC[C@@H]2COc3ccccc3O2)C[C@H](C)O1. The second kappa shape index (κ2) is 8.16. The summed E-state index contributed by atoms with van der Waals surface area (Å²) in [4.78, 5) is 1.36. The summed E-state index contributed by atoms with van der Waals surface area (Å²) in [6.45, 7) is 7.90. The number of hydrogen-bond acceptors (Lipinski definition) is 5. The highest BCUT2D eigenvalue weighted by Crippen LogP contribution is 2.30. The predicted octanol–water partition coefficient (Wildman–Crippen LogP) is -0.104. The normalized spacial score (nSPS) is 30.8. The van der Waals surface area contributed by atoms with Crippen LogP contribution in [0.15, 0.2) is 24.3 Å². The first-order valence-corrected chi connectivity index (χ1v) is 8.73. The van der Waals surface area contributed by atoms with E-state index in [4.69, 9.17) is 18.9 Å². The van der Waals surface area contributed by atoms with E-state index >= 15 is 0 Å². The molecule has 0 unspecified atom stereocenters. The molecule has 0 radical (unpaired) electrons. The van der Waals surface area contributed by atoms with E-state index < -0.39 is 6.10 Å². The molecule has 0 spiro atoms. The average Bonchev–Trinajstić information content (AvgIpc) is 2.53. The van der Waals surface area contributed by atoms with Gasteiger partial charge >= 0.3 is 0 Å². The number of ether oxygens (including phenoxy) is 4. The number of fused-ring (bicyclic) bond motifs is 1. The minimum absolute atomic E-state index is 0.136. The fourth-order valence-electron chi connectivity index (χ4n) is 3.43. The predicted molar refractivity (Wildman–Crippen MR) is 88.8 cm³/mol. The number of rotatable bonds is 6. The maximum atomic E-state index is 10.2. The highest BCUT2D eigenvalue weighted by atomic mass is 16.6. The Bertz CT molecular complexity index is 516. The van der Waals surface area contributed by atoms with Crippen molar-refractivity contribution in [2.24, 2.45) is 0 Å². The molecule has 1 aromatic carbocycles. The van der Waals surface area contributed by atoms with Gasteiger partial charge in [-0.15, -0.1) is 0 Å². The van der Waals surface area contributed by atoms with Gasteiger partial charge in [0, 0.05) is 0 Å². The first-order valence-electron chi connectivity index (χ1n) is 8.73. The Morgan fingerprint density at radius 2 is 1.92 bits per heavy atom. The van der Waals surface area contributed by atoms with E-state index in [9.17, 15) is 5.11 Å². The summed E-state index contributed by atoms with van der Waals surface area (Å²) in [5.74, 6) is 1.52. The van der Waals surface area contributed by atoms with Gasteiger partial charge in [-0.3, -0.25) is 0 Å². The van der Waals surface area contributed by atoms with E-state index in [0.717, 1.165) is 24.6 Å². The monoisotopic (exact) mass is 338 g/mol.